The van der Waals surface area contributed by atoms with Gasteiger partial charge < -0.3 is 15.1 Å². The van der Waals surface area contributed by atoms with E-state index in [1.165, 1.54) is 0 Å². The third-order valence-corrected chi connectivity index (χ3v) is 6.22. The largest absolute Gasteiger partial charge is 0.368 e. The molecule has 2 aromatic carbocycles. The molecule has 2 heterocycles. The molecular weight excluding hydrogens is 438 g/mol. The number of rotatable bonds is 6. The predicted octanol–water partition coefficient (Wildman–Crippen LogP) is 3.28. The van der Waals surface area contributed by atoms with Gasteiger partial charge >= 0.3 is 0 Å². The summed E-state index contributed by atoms with van der Waals surface area (Å²) in [4.78, 5) is 29.6. The molecule has 2 amide bonds. The van der Waals surface area contributed by atoms with Crippen LogP contribution >= 0.6 is 11.6 Å². The summed E-state index contributed by atoms with van der Waals surface area (Å²) >= 11 is 6.09. The molecule has 1 saturated heterocycles. The van der Waals surface area contributed by atoms with Crippen LogP contribution < -0.4 is 10.2 Å². The lowest BCUT2D eigenvalue weighted by atomic mass is 10.1. The first-order valence-electron chi connectivity index (χ1n) is 11.1. The van der Waals surface area contributed by atoms with Crippen molar-refractivity contribution in [2.75, 3.05) is 37.6 Å². The summed E-state index contributed by atoms with van der Waals surface area (Å²) in [5.74, 6) is -0.351. The highest BCUT2D eigenvalue weighted by molar-refractivity contribution is 6.30. The lowest BCUT2D eigenvalue weighted by Crippen LogP contribution is -2.51. The molecule has 0 radical (unpaired) electrons. The normalized spacial score (nSPS) is 13.8. The number of anilines is 1. The van der Waals surface area contributed by atoms with Crippen LogP contribution in [0.5, 0.6) is 0 Å². The monoisotopic (exact) mass is 465 g/mol. The summed E-state index contributed by atoms with van der Waals surface area (Å²) in [7, 11) is 0. The van der Waals surface area contributed by atoms with Gasteiger partial charge in [-0.2, -0.15) is 5.10 Å². The Bertz CT molecular complexity index is 1140. The Hall–Kier alpha value is -3.32. The number of carbonyl (C=O) groups is 2. The van der Waals surface area contributed by atoms with Gasteiger partial charge in [0.1, 0.15) is 0 Å². The summed E-state index contributed by atoms with van der Waals surface area (Å²) in [5, 5.41) is 8.02. The van der Waals surface area contributed by atoms with E-state index in [4.69, 9.17) is 11.6 Å². The Kier molecular flexibility index (Phi) is 6.99. The van der Waals surface area contributed by atoms with Gasteiger partial charge in [0.15, 0.2) is 0 Å². The van der Waals surface area contributed by atoms with Crippen LogP contribution in [0.25, 0.3) is 0 Å². The number of piperazine rings is 1. The summed E-state index contributed by atoms with van der Waals surface area (Å²) in [6.07, 6.45) is 0. The smallest absolute Gasteiger partial charge is 0.255 e. The quantitative estimate of drug-likeness (QED) is 0.606. The first-order chi connectivity index (χ1) is 15.9. The fourth-order valence-electron chi connectivity index (χ4n) is 4.18. The SMILES string of the molecule is Cc1nn(Cc2ccccc2)c(C)c1C(=O)NCC(=O)N1CCN(c2cccc(Cl)c2)CC1. The Morgan fingerprint density at radius 1 is 1.00 bits per heavy atom. The van der Waals surface area contributed by atoms with Crippen LogP contribution in [0, 0.1) is 13.8 Å². The molecule has 0 aliphatic carbocycles. The summed E-state index contributed by atoms with van der Waals surface area (Å²) in [5.41, 5.74) is 4.15. The van der Waals surface area contributed by atoms with E-state index in [0.29, 0.717) is 35.9 Å². The molecule has 7 nitrogen and oxygen atoms in total. The van der Waals surface area contributed by atoms with Crippen LogP contribution in [0.3, 0.4) is 0 Å². The first-order valence-corrected chi connectivity index (χ1v) is 11.4. The molecule has 0 saturated carbocycles. The molecule has 3 aromatic rings. The maximum Gasteiger partial charge on any atom is 0.255 e. The molecule has 172 valence electrons. The highest BCUT2D eigenvalue weighted by atomic mass is 35.5. The second-order valence-corrected chi connectivity index (χ2v) is 8.66. The Labute approximate surface area is 198 Å². The number of halogens is 1. The van der Waals surface area contributed by atoms with Crippen molar-refractivity contribution >= 4 is 29.1 Å². The van der Waals surface area contributed by atoms with Crippen LogP contribution in [-0.2, 0) is 11.3 Å². The number of aryl methyl sites for hydroxylation is 1. The molecule has 33 heavy (non-hydrogen) atoms. The molecule has 8 heteroatoms. The minimum Gasteiger partial charge on any atom is -0.368 e. The fourth-order valence-corrected chi connectivity index (χ4v) is 4.36. The highest BCUT2D eigenvalue weighted by Crippen LogP contribution is 2.21. The maximum absolute atomic E-state index is 12.9. The van der Waals surface area contributed by atoms with Gasteiger partial charge in [-0.3, -0.25) is 14.3 Å². The third-order valence-electron chi connectivity index (χ3n) is 5.99. The number of amides is 2. The first kappa shape index (κ1) is 22.9. The van der Waals surface area contributed by atoms with Gasteiger partial charge in [-0.25, -0.2) is 0 Å². The van der Waals surface area contributed by atoms with Crippen molar-refractivity contribution in [1.29, 1.82) is 0 Å². The maximum atomic E-state index is 12.9. The molecule has 4 rings (SSSR count). The van der Waals surface area contributed by atoms with E-state index in [9.17, 15) is 9.59 Å². The summed E-state index contributed by atoms with van der Waals surface area (Å²) in [6.45, 7) is 6.93. The number of aromatic nitrogens is 2. The fraction of sp³-hybridized carbons (Fsp3) is 0.320. The van der Waals surface area contributed by atoms with Gasteiger partial charge in [-0.05, 0) is 37.6 Å². The zero-order valence-corrected chi connectivity index (χ0v) is 19.7. The van der Waals surface area contributed by atoms with E-state index in [2.05, 4.69) is 15.3 Å². The van der Waals surface area contributed by atoms with Gasteiger partial charge in [-0.15, -0.1) is 0 Å². The number of nitrogens with one attached hydrogen (secondary N) is 1. The van der Waals surface area contributed by atoms with Crippen molar-refractivity contribution in [1.82, 2.24) is 20.0 Å². The number of benzene rings is 2. The minimum absolute atomic E-state index is 0.0290. The van der Waals surface area contributed by atoms with E-state index in [0.717, 1.165) is 30.0 Å². The zero-order chi connectivity index (χ0) is 23.4. The van der Waals surface area contributed by atoms with Gasteiger partial charge in [0.25, 0.3) is 5.91 Å². The minimum atomic E-state index is -0.268. The summed E-state index contributed by atoms with van der Waals surface area (Å²) in [6, 6.07) is 17.7. The summed E-state index contributed by atoms with van der Waals surface area (Å²) < 4.78 is 1.83. The molecule has 1 N–H and O–H groups in total. The van der Waals surface area contributed by atoms with E-state index in [-0.39, 0.29) is 18.4 Å². The number of hydrogen-bond acceptors (Lipinski definition) is 4. The average molecular weight is 466 g/mol. The highest BCUT2D eigenvalue weighted by Gasteiger charge is 2.23. The van der Waals surface area contributed by atoms with Crippen LogP contribution in [0.2, 0.25) is 5.02 Å². The molecule has 0 spiro atoms. The second kappa shape index (κ2) is 10.1. The van der Waals surface area contributed by atoms with Crippen molar-refractivity contribution in [3.63, 3.8) is 0 Å². The molecule has 1 aromatic heterocycles. The number of hydrogen-bond donors (Lipinski definition) is 1. The molecule has 0 atom stereocenters. The third kappa shape index (κ3) is 5.37. The number of nitrogens with zero attached hydrogens (tertiary/aromatic N) is 4. The van der Waals surface area contributed by atoms with Crippen molar-refractivity contribution in [2.24, 2.45) is 0 Å². The van der Waals surface area contributed by atoms with Crippen molar-refractivity contribution < 1.29 is 9.59 Å². The lowest BCUT2D eigenvalue weighted by molar-refractivity contribution is -0.130. The van der Waals surface area contributed by atoms with E-state index < -0.39 is 0 Å². The van der Waals surface area contributed by atoms with Crippen molar-refractivity contribution in [3.05, 3.63) is 82.1 Å². The second-order valence-electron chi connectivity index (χ2n) is 8.22. The lowest BCUT2D eigenvalue weighted by Gasteiger charge is -2.36. The Balaban J connectivity index is 1.31. The van der Waals surface area contributed by atoms with Gasteiger partial charge in [0.2, 0.25) is 5.91 Å². The standard InChI is InChI=1S/C25H28ClN5O2/c1-18-24(19(2)31(28-18)17-20-7-4-3-5-8-20)25(33)27-16-23(32)30-13-11-29(12-14-30)22-10-6-9-21(26)15-22/h3-10,15H,11-14,16-17H2,1-2H3,(H,27,33). The van der Waals surface area contributed by atoms with Crippen molar-refractivity contribution in [2.45, 2.75) is 20.4 Å². The van der Waals surface area contributed by atoms with Gasteiger partial charge in [0.05, 0.1) is 24.3 Å². The topological polar surface area (TPSA) is 70.5 Å². The molecule has 0 bridgehead atoms. The van der Waals surface area contributed by atoms with E-state index in [1.807, 2.05) is 73.1 Å². The average Bonchev–Trinajstić information content (AvgIpc) is 3.10. The molecular formula is C25H28ClN5O2. The van der Waals surface area contributed by atoms with Gasteiger partial charge in [-0.1, -0.05) is 48.0 Å². The van der Waals surface area contributed by atoms with Crippen LogP contribution in [0.15, 0.2) is 54.6 Å². The molecule has 0 unspecified atom stereocenters. The Morgan fingerprint density at radius 2 is 1.73 bits per heavy atom. The van der Waals surface area contributed by atoms with E-state index >= 15 is 0 Å². The molecule has 1 fully saturated rings. The van der Waals surface area contributed by atoms with Crippen LogP contribution in [0.4, 0.5) is 5.69 Å². The molecule has 1 aliphatic rings. The zero-order valence-electron chi connectivity index (χ0n) is 18.9. The van der Waals surface area contributed by atoms with E-state index in [1.54, 1.807) is 4.90 Å². The van der Waals surface area contributed by atoms with Gasteiger partial charge in [0, 0.05) is 42.6 Å². The molecule has 1 aliphatic heterocycles. The number of carbonyl (C=O) groups excluding carboxylic acids is 2. The van der Waals surface area contributed by atoms with Crippen LogP contribution in [0.1, 0.15) is 27.3 Å². The Morgan fingerprint density at radius 3 is 2.42 bits per heavy atom. The van der Waals surface area contributed by atoms with Crippen molar-refractivity contribution in [3.8, 4) is 0 Å². The van der Waals surface area contributed by atoms with Crippen LogP contribution in [-0.4, -0.2) is 59.2 Å². The predicted molar refractivity (Wildman–Crippen MR) is 130 cm³/mol.